The molecule has 4 aliphatic rings. The zero-order valence-electron chi connectivity index (χ0n) is 24.2. The molecule has 4 unspecified atom stereocenters. The minimum atomic E-state index is -0.250. The molecule has 0 saturated heterocycles. The van der Waals surface area contributed by atoms with Gasteiger partial charge in [-0.25, -0.2) is 0 Å². The Morgan fingerprint density at radius 3 is 2.54 bits per heavy atom. The van der Waals surface area contributed by atoms with E-state index in [0.29, 0.717) is 48.5 Å². The number of carbonyl (C=O) groups is 1. The Morgan fingerprint density at radius 2 is 1.84 bits per heavy atom. The number of carbonyl (C=O) groups excluding carboxylic acids is 1. The highest BCUT2D eigenvalue weighted by molar-refractivity contribution is 5.75. The van der Waals surface area contributed by atoms with Gasteiger partial charge in [-0.05, 0) is 110 Å². The first-order valence-corrected chi connectivity index (χ1v) is 15.0. The van der Waals surface area contributed by atoms with Crippen molar-refractivity contribution in [2.24, 2.45) is 46.3 Å². The first-order chi connectivity index (χ1) is 16.9. The molecule has 4 saturated carbocycles. The molecule has 0 aromatic carbocycles. The highest BCUT2D eigenvalue weighted by atomic mass is 79.9. The molecule has 0 aromatic rings. The first-order valence-electron chi connectivity index (χ1n) is 15.0. The van der Waals surface area contributed by atoms with Crippen molar-refractivity contribution >= 4 is 5.91 Å². The molecule has 0 spiro atoms. The van der Waals surface area contributed by atoms with E-state index in [2.05, 4.69) is 46.8 Å². The fourth-order valence-electron chi connectivity index (χ4n) is 9.75. The monoisotopic (exact) mass is 582 g/mol. The number of likely N-dealkylation sites (N-methyl/N-ethyl adjacent to an activating group) is 1. The third kappa shape index (κ3) is 6.02. The van der Waals surface area contributed by atoms with Crippen LogP contribution in [0.5, 0.6) is 0 Å². The van der Waals surface area contributed by atoms with Crippen LogP contribution in [-0.2, 0) is 4.79 Å². The summed E-state index contributed by atoms with van der Waals surface area (Å²) in [5.74, 6) is 3.63. The lowest BCUT2D eigenvalue weighted by molar-refractivity contribution is -0.883. The summed E-state index contributed by atoms with van der Waals surface area (Å²) in [7, 11) is 4.33. The molecule has 37 heavy (non-hydrogen) atoms. The molecule has 1 amide bonds. The lowest BCUT2D eigenvalue weighted by Crippen LogP contribution is -3.00. The summed E-state index contributed by atoms with van der Waals surface area (Å²) in [6, 6.07) is 0. The van der Waals surface area contributed by atoms with Crippen molar-refractivity contribution in [3.8, 4) is 0 Å². The molecule has 0 radical (unpaired) electrons. The summed E-state index contributed by atoms with van der Waals surface area (Å²) >= 11 is 0. The highest BCUT2D eigenvalue weighted by Crippen LogP contribution is 2.68. The number of nitrogens with one attached hydrogen (secondary N) is 1. The number of halogens is 1. The largest absolute Gasteiger partial charge is 1.00 e. The van der Waals surface area contributed by atoms with E-state index in [0.717, 1.165) is 49.7 Å². The number of rotatable bonds is 9. The summed E-state index contributed by atoms with van der Waals surface area (Å²) in [6.07, 6.45) is 11.9. The summed E-state index contributed by atoms with van der Waals surface area (Å²) < 4.78 is 0.836. The molecule has 4 aliphatic carbocycles. The van der Waals surface area contributed by atoms with E-state index in [4.69, 9.17) is 0 Å². The Morgan fingerprint density at radius 1 is 1.11 bits per heavy atom. The van der Waals surface area contributed by atoms with Crippen molar-refractivity contribution in [3.63, 3.8) is 0 Å². The van der Waals surface area contributed by atoms with E-state index >= 15 is 0 Å². The van der Waals surface area contributed by atoms with Crippen LogP contribution in [0.3, 0.4) is 0 Å². The zero-order chi connectivity index (χ0) is 26.3. The Bertz CT molecular complexity index is 805. The highest BCUT2D eigenvalue weighted by Gasteiger charge is 2.63. The van der Waals surface area contributed by atoms with Gasteiger partial charge >= 0.3 is 0 Å². The third-order valence-electron chi connectivity index (χ3n) is 12.0. The van der Waals surface area contributed by atoms with E-state index in [9.17, 15) is 15.0 Å². The van der Waals surface area contributed by atoms with Crippen molar-refractivity contribution < 1.29 is 36.5 Å². The Hall–Kier alpha value is -0.430. The van der Waals surface area contributed by atoms with Crippen molar-refractivity contribution in [3.05, 3.63) is 12.7 Å². The van der Waals surface area contributed by atoms with Gasteiger partial charge in [0.15, 0.2) is 0 Å². The lowest BCUT2D eigenvalue weighted by atomic mass is 9.43. The van der Waals surface area contributed by atoms with Gasteiger partial charge in [-0.2, -0.15) is 0 Å². The number of hydrogen-bond acceptors (Lipinski definition) is 3. The van der Waals surface area contributed by atoms with Gasteiger partial charge in [0, 0.05) is 6.42 Å². The van der Waals surface area contributed by atoms with Gasteiger partial charge in [0.2, 0.25) is 5.91 Å². The van der Waals surface area contributed by atoms with Crippen LogP contribution in [0.2, 0.25) is 0 Å². The van der Waals surface area contributed by atoms with E-state index < -0.39 is 0 Å². The first kappa shape index (κ1) is 31.1. The molecule has 0 aromatic heterocycles. The molecule has 10 atom stereocenters. The predicted molar refractivity (Wildman–Crippen MR) is 146 cm³/mol. The van der Waals surface area contributed by atoms with Gasteiger partial charge < -0.3 is 37.0 Å². The number of aliphatic hydroxyl groups excluding tert-OH is 2. The summed E-state index contributed by atoms with van der Waals surface area (Å²) in [6.45, 7) is 13.6. The minimum absolute atomic E-state index is 0. The molecule has 5 nitrogen and oxygen atoms in total. The van der Waals surface area contributed by atoms with Crippen LogP contribution in [0.4, 0.5) is 0 Å². The van der Waals surface area contributed by atoms with Crippen molar-refractivity contribution in [1.29, 1.82) is 0 Å². The minimum Gasteiger partial charge on any atom is -1.00 e. The second kappa shape index (κ2) is 12.0. The average Bonchev–Trinajstić information content (AvgIpc) is 3.17. The Balaban J connectivity index is 0.00000380. The number of quaternary nitrogens is 1. The van der Waals surface area contributed by atoms with Gasteiger partial charge in [0.05, 0.1) is 45.9 Å². The number of fused-ring (bicyclic) bond motifs is 5. The number of amides is 1. The van der Waals surface area contributed by atoms with Crippen LogP contribution in [0.15, 0.2) is 12.7 Å². The lowest BCUT2D eigenvalue weighted by Gasteiger charge is -2.62. The second-order valence-electron chi connectivity index (χ2n) is 14.4. The van der Waals surface area contributed by atoms with E-state index in [1.54, 1.807) is 0 Å². The average molecular weight is 584 g/mol. The molecule has 4 fully saturated rings. The topological polar surface area (TPSA) is 69.6 Å². The Kier molecular flexibility index (Phi) is 10.1. The zero-order valence-corrected chi connectivity index (χ0v) is 25.8. The van der Waals surface area contributed by atoms with Crippen LogP contribution in [0.1, 0.15) is 85.0 Å². The molecular weight excluding hydrogens is 528 g/mol. The van der Waals surface area contributed by atoms with Crippen LogP contribution < -0.4 is 22.3 Å². The molecule has 3 N–H and O–H groups in total. The number of aliphatic hydroxyl groups is 2. The summed E-state index contributed by atoms with van der Waals surface area (Å²) in [5.41, 5.74) is 0.256. The van der Waals surface area contributed by atoms with Crippen LogP contribution in [-0.4, -0.2) is 66.5 Å². The van der Waals surface area contributed by atoms with Crippen LogP contribution in [0, 0.1) is 46.3 Å². The van der Waals surface area contributed by atoms with Gasteiger partial charge in [-0.15, -0.1) is 0 Å². The van der Waals surface area contributed by atoms with Gasteiger partial charge in [-0.1, -0.05) is 27.4 Å². The summed E-state index contributed by atoms with van der Waals surface area (Å²) in [4.78, 5) is 12.6. The standard InChI is InChI=1S/C31H54N2O3.BrH/c1-7-17-33(5,6)18-16-32-29(36)13-8-21(2)25-11-12-26-24-10-9-22-19-23(34)14-15-30(22,3)27(24)20-28(35)31(25,26)4;/h7,21-28,34-35H,1,8-20H2,2-6H3;1H/t21-,22?,23-,24?,25-,26?,27?,28+,30+,31-;/m1./s1. The maximum atomic E-state index is 12.6. The van der Waals surface area contributed by atoms with Gasteiger partial charge in [0.1, 0.15) is 0 Å². The van der Waals surface area contributed by atoms with Crippen LogP contribution in [0.25, 0.3) is 0 Å². The quantitative estimate of drug-likeness (QED) is 0.287. The number of hydrogen-bond donors (Lipinski definition) is 3. The van der Waals surface area contributed by atoms with E-state index in [-0.39, 0.29) is 45.9 Å². The van der Waals surface area contributed by atoms with Gasteiger partial charge in [0.25, 0.3) is 0 Å². The van der Waals surface area contributed by atoms with Crippen molar-refractivity contribution in [1.82, 2.24) is 5.32 Å². The van der Waals surface area contributed by atoms with Gasteiger partial charge in [-0.3, -0.25) is 4.79 Å². The third-order valence-corrected chi connectivity index (χ3v) is 12.0. The van der Waals surface area contributed by atoms with Crippen molar-refractivity contribution in [2.75, 3.05) is 33.7 Å². The fraction of sp³-hybridized carbons (Fsp3) is 0.903. The molecular formula is C31H55BrN2O3. The molecule has 4 rings (SSSR count). The summed E-state index contributed by atoms with van der Waals surface area (Å²) in [5, 5.41) is 25.2. The molecule has 6 heteroatoms. The smallest absolute Gasteiger partial charge is 0.220 e. The van der Waals surface area contributed by atoms with Crippen molar-refractivity contribution in [2.45, 2.75) is 97.2 Å². The number of nitrogens with zero attached hydrogens (tertiary/aromatic N) is 1. The molecule has 0 bridgehead atoms. The second-order valence-corrected chi connectivity index (χ2v) is 14.4. The normalized spacial score (nSPS) is 42.0. The molecule has 0 heterocycles. The Labute approximate surface area is 237 Å². The maximum Gasteiger partial charge on any atom is 0.220 e. The fourth-order valence-corrected chi connectivity index (χ4v) is 9.75. The van der Waals surface area contributed by atoms with E-state index in [1.165, 1.54) is 25.7 Å². The predicted octanol–water partition coefficient (Wildman–Crippen LogP) is 1.78. The van der Waals surface area contributed by atoms with Crippen LogP contribution >= 0.6 is 0 Å². The molecule has 214 valence electrons. The molecule has 0 aliphatic heterocycles. The maximum absolute atomic E-state index is 12.6. The van der Waals surface area contributed by atoms with E-state index in [1.807, 2.05) is 6.08 Å². The SMILES string of the molecule is C=CC[N+](C)(C)CCNC(=O)CC[C@@H](C)[C@H]1CCC2C3CCC4C[C@H](O)CC[C@]4(C)C3C[C@H](O)[C@@]21C.[Br-].